The summed E-state index contributed by atoms with van der Waals surface area (Å²) in [6.07, 6.45) is 5.01. The minimum Gasteiger partial charge on any atom is -0.359 e. The number of ketones is 2. The number of allylic oxidation sites excluding steroid dienone is 1. The maximum absolute atomic E-state index is 13.9. The second-order valence-electron chi connectivity index (χ2n) is 8.57. The Morgan fingerprint density at radius 3 is 2.54 bits per heavy atom. The van der Waals surface area contributed by atoms with Crippen molar-refractivity contribution in [3.63, 3.8) is 0 Å². The number of ether oxygens (including phenoxy) is 4. The number of methoxy groups -OCH3 is 2. The molecule has 0 unspecified atom stereocenters. The number of hydrogen-bond donors (Lipinski definition) is 0. The standard InChI is InChI=1S/C22H32O6/c1-14-18(27-12-25-4)11-22(28-13-26-5)20(24)16-9-7-6-8-15(16)10-17(23)19(14)21(22,2)3/h9,15,18H,6-8,10-13H2,1-5H3/t15-,18+,22-/m1/s1. The average molecular weight is 392 g/mol. The van der Waals surface area contributed by atoms with Gasteiger partial charge in [-0.05, 0) is 43.3 Å². The first-order chi connectivity index (χ1) is 13.3. The van der Waals surface area contributed by atoms with E-state index in [-0.39, 0.29) is 31.1 Å². The molecule has 0 radical (unpaired) electrons. The number of rotatable bonds is 6. The van der Waals surface area contributed by atoms with Gasteiger partial charge in [-0.2, -0.15) is 0 Å². The highest BCUT2D eigenvalue weighted by molar-refractivity contribution is 6.09. The number of fused-ring (bicyclic) bond motifs is 3. The molecule has 1 fully saturated rings. The summed E-state index contributed by atoms with van der Waals surface area (Å²) in [4.78, 5) is 27.4. The second kappa shape index (κ2) is 8.19. The van der Waals surface area contributed by atoms with Crippen LogP contribution in [0.15, 0.2) is 22.8 Å². The Hall–Kier alpha value is -1.34. The van der Waals surface area contributed by atoms with Crippen LogP contribution in [0.5, 0.6) is 0 Å². The predicted molar refractivity (Wildman–Crippen MR) is 104 cm³/mol. The molecule has 0 aliphatic heterocycles. The third kappa shape index (κ3) is 3.30. The minimum absolute atomic E-state index is 0.0232. The molecule has 0 N–H and O–H groups in total. The predicted octanol–water partition coefficient (Wildman–Crippen LogP) is 3.35. The van der Waals surface area contributed by atoms with Gasteiger partial charge in [-0.15, -0.1) is 0 Å². The molecular weight excluding hydrogens is 360 g/mol. The molecule has 0 heterocycles. The average Bonchev–Trinajstić information content (AvgIpc) is 2.66. The van der Waals surface area contributed by atoms with Crippen molar-refractivity contribution >= 4 is 11.6 Å². The number of carbonyl (C=O) groups is 2. The van der Waals surface area contributed by atoms with Gasteiger partial charge in [-0.1, -0.05) is 19.9 Å². The molecule has 3 rings (SSSR count). The first kappa shape index (κ1) is 21.4. The maximum atomic E-state index is 13.9. The Kier molecular flexibility index (Phi) is 6.25. The molecule has 0 aromatic rings. The van der Waals surface area contributed by atoms with Crippen LogP contribution in [-0.2, 0) is 28.5 Å². The number of carbonyl (C=O) groups excluding carboxylic acids is 2. The molecule has 0 aromatic carbocycles. The van der Waals surface area contributed by atoms with Gasteiger partial charge >= 0.3 is 0 Å². The van der Waals surface area contributed by atoms with Gasteiger partial charge in [0.1, 0.15) is 19.2 Å². The highest BCUT2D eigenvalue weighted by Crippen LogP contribution is 2.55. The first-order valence-corrected chi connectivity index (χ1v) is 10.0. The lowest BCUT2D eigenvalue weighted by atomic mass is 9.55. The van der Waals surface area contributed by atoms with Crippen LogP contribution in [0.25, 0.3) is 0 Å². The van der Waals surface area contributed by atoms with Crippen molar-refractivity contribution in [3.05, 3.63) is 22.8 Å². The molecule has 0 amide bonds. The zero-order chi connectivity index (χ0) is 20.5. The van der Waals surface area contributed by atoms with E-state index in [2.05, 4.69) is 0 Å². The lowest BCUT2D eigenvalue weighted by Gasteiger charge is -2.53. The molecule has 3 atom stereocenters. The smallest absolute Gasteiger partial charge is 0.191 e. The van der Waals surface area contributed by atoms with E-state index >= 15 is 0 Å². The zero-order valence-electron chi connectivity index (χ0n) is 17.6. The fourth-order valence-corrected chi connectivity index (χ4v) is 5.26. The normalized spacial score (nSPS) is 32.5. The molecule has 6 heteroatoms. The Labute approximate surface area is 167 Å². The van der Waals surface area contributed by atoms with Crippen LogP contribution < -0.4 is 0 Å². The Bertz CT molecular complexity index is 704. The summed E-state index contributed by atoms with van der Waals surface area (Å²) < 4.78 is 22.3. The Morgan fingerprint density at radius 2 is 1.86 bits per heavy atom. The van der Waals surface area contributed by atoms with E-state index < -0.39 is 17.1 Å². The van der Waals surface area contributed by atoms with Gasteiger partial charge in [0, 0.05) is 38.0 Å². The Balaban J connectivity index is 2.20. The van der Waals surface area contributed by atoms with Crippen molar-refractivity contribution in [2.75, 3.05) is 27.8 Å². The van der Waals surface area contributed by atoms with Crippen LogP contribution in [0.2, 0.25) is 0 Å². The van der Waals surface area contributed by atoms with Crippen LogP contribution >= 0.6 is 0 Å². The molecule has 0 saturated heterocycles. The molecule has 0 aromatic heterocycles. The van der Waals surface area contributed by atoms with Gasteiger partial charge in [0.15, 0.2) is 11.6 Å². The summed E-state index contributed by atoms with van der Waals surface area (Å²) >= 11 is 0. The van der Waals surface area contributed by atoms with Crippen LogP contribution in [-0.4, -0.2) is 51.1 Å². The van der Waals surface area contributed by atoms with E-state index in [4.69, 9.17) is 18.9 Å². The summed E-state index contributed by atoms with van der Waals surface area (Å²) in [5.74, 6) is 0.0290. The van der Waals surface area contributed by atoms with Crippen molar-refractivity contribution in [1.29, 1.82) is 0 Å². The SMILES string of the molecule is COCO[C@H]1C[C@@]2(OCOC)C(=O)C3=CCCC[C@@H]3CC(=O)C(=C1C)C2(C)C. The summed E-state index contributed by atoms with van der Waals surface area (Å²) in [5.41, 5.74) is 0.273. The van der Waals surface area contributed by atoms with Gasteiger partial charge in [0.25, 0.3) is 0 Å². The molecule has 0 spiro atoms. The molecule has 6 nitrogen and oxygen atoms in total. The molecule has 1 saturated carbocycles. The summed E-state index contributed by atoms with van der Waals surface area (Å²) in [7, 11) is 3.09. The second-order valence-corrected chi connectivity index (χ2v) is 8.57. The largest absolute Gasteiger partial charge is 0.359 e. The molecule has 3 aliphatic rings. The van der Waals surface area contributed by atoms with Crippen molar-refractivity contribution in [2.45, 2.75) is 64.6 Å². The third-order valence-electron chi connectivity index (χ3n) is 6.70. The summed E-state index contributed by atoms with van der Waals surface area (Å²) in [6, 6.07) is 0. The molecule has 156 valence electrons. The summed E-state index contributed by atoms with van der Waals surface area (Å²) in [5, 5.41) is 0. The van der Waals surface area contributed by atoms with Crippen LogP contribution in [0.1, 0.15) is 52.9 Å². The van der Waals surface area contributed by atoms with E-state index in [0.717, 1.165) is 30.4 Å². The highest BCUT2D eigenvalue weighted by atomic mass is 16.7. The van der Waals surface area contributed by atoms with Gasteiger partial charge in [0.2, 0.25) is 0 Å². The lowest BCUT2D eigenvalue weighted by molar-refractivity contribution is -0.200. The van der Waals surface area contributed by atoms with Gasteiger partial charge in [-0.25, -0.2) is 0 Å². The number of hydrogen-bond acceptors (Lipinski definition) is 6. The van der Waals surface area contributed by atoms with Crippen LogP contribution in [0.3, 0.4) is 0 Å². The van der Waals surface area contributed by atoms with Crippen molar-refractivity contribution < 1.29 is 28.5 Å². The quantitative estimate of drug-likeness (QED) is 0.646. The van der Waals surface area contributed by atoms with Crippen LogP contribution in [0.4, 0.5) is 0 Å². The fraction of sp³-hybridized carbons (Fsp3) is 0.727. The molecule has 3 aliphatic carbocycles. The number of Topliss-reactive ketones (excluding diaryl/α,β-unsaturated/α-hetero) is 2. The fourth-order valence-electron chi connectivity index (χ4n) is 5.26. The molecular formula is C22H32O6. The summed E-state index contributed by atoms with van der Waals surface area (Å²) in [6.45, 7) is 5.87. The zero-order valence-corrected chi connectivity index (χ0v) is 17.6. The first-order valence-electron chi connectivity index (χ1n) is 10.0. The van der Waals surface area contributed by atoms with E-state index in [1.165, 1.54) is 7.11 Å². The topological polar surface area (TPSA) is 71.1 Å². The molecule has 28 heavy (non-hydrogen) atoms. The van der Waals surface area contributed by atoms with Crippen molar-refractivity contribution in [2.24, 2.45) is 11.3 Å². The van der Waals surface area contributed by atoms with Gasteiger partial charge in [-0.3, -0.25) is 9.59 Å². The van der Waals surface area contributed by atoms with Gasteiger partial charge < -0.3 is 18.9 Å². The van der Waals surface area contributed by atoms with E-state index in [9.17, 15) is 9.59 Å². The monoisotopic (exact) mass is 392 g/mol. The highest BCUT2D eigenvalue weighted by Gasteiger charge is 2.62. The van der Waals surface area contributed by atoms with E-state index in [1.54, 1.807) is 7.11 Å². The maximum Gasteiger partial charge on any atom is 0.191 e. The lowest BCUT2D eigenvalue weighted by Crippen LogP contribution is -2.62. The van der Waals surface area contributed by atoms with E-state index in [1.807, 2.05) is 26.8 Å². The van der Waals surface area contributed by atoms with Gasteiger partial charge in [0.05, 0.1) is 6.10 Å². The van der Waals surface area contributed by atoms with Crippen molar-refractivity contribution in [1.82, 2.24) is 0 Å². The minimum atomic E-state index is -1.21. The van der Waals surface area contributed by atoms with E-state index in [0.29, 0.717) is 18.4 Å². The van der Waals surface area contributed by atoms with Crippen molar-refractivity contribution in [3.8, 4) is 0 Å². The Morgan fingerprint density at radius 1 is 1.14 bits per heavy atom. The third-order valence-corrected chi connectivity index (χ3v) is 6.70. The van der Waals surface area contributed by atoms with Crippen LogP contribution in [0, 0.1) is 11.3 Å². The molecule has 2 bridgehead atoms.